The van der Waals surface area contributed by atoms with Gasteiger partial charge in [-0.2, -0.15) is 0 Å². The third-order valence-corrected chi connectivity index (χ3v) is 3.73. The Morgan fingerprint density at radius 2 is 1.75 bits per heavy atom. The van der Waals surface area contributed by atoms with Crippen molar-refractivity contribution in [2.24, 2.45) is 5.41 Å². The maximum Gasteiger partial charge on any atom is 0.139 e. The Kier molecular flexibility index (Phi) is 4.97. The quantitative estimate of drug-likeness (QED) is 0.732. The summed E-state index contributed by atoms with van der Waals surface area (Å²) >= 11 is 0. The zero-order valence-electron chi connectivity index (χ0n) is 11.4. The number of Topliss-reactive ketones (excluding diaryl/α,β-unsaturated/α-hetero) is 1. The largest absolute Gasteiger partial charge is 0.303 e. The monoisotopic (exact) mass is 225 g/mol. The number of nitrogens with zero attached hydrogens (tertiary/aromatic N) is 1. The lowest BCUT2D eigenvalue weighted by atomic mass is 9.88. The molecule has 0 aromatic heterocycles. The average Bonchev–Trinajstić information content (AvgIpc) is 2.25. The molecule has 0 atom stereocenters. The molecule has 0 spiro atoms. The maximum absolute atomic E-state index is 11.8. The molecular weight excluding hydrogens is 198 g/mol. The highest BCUT2D eigenvalue weighted by Gasteiger charge is 2.23. The molecule has 1 fully saturated rings. The first kappa shape index (κ1) is 13.7. The fourth-order valence-corrected chi connectivity index (χ4v) is 2.36. The van der Waals surface area contributed by atoms with E-state index in [1.165, 1.54) is 32.1 Å². The summed E-state index contributed by atoms with van der Waals surface area (Å²) in [6.07, 6.45) is 7.46. The molecule has 1 aliphatic carbocycles. The highest BCUT2D eigenvalue weighted by Crippen LogP contribution is 2.22. The van der Waals surface area contributed by atoms with Crippen molar-refractivity contribution in [3.63, 3.8) is 0 Å². The molecule has 1 saturated carbocycles. The molecule has 0 amide bonds. The Balaban J connectivity index is 2.29. The lowest BCUT2D eigenvalue weighted by Crippen LogP contribution is -2.36. The SMILES string of the molecule is CN(CCC(=O)C(C)(C)C)C1CCCCC1. The molecule has 1 rings (SSSR count). The maximum atomic E-state index is 11.8. The highest BCUT2D eigenvalue weighted by atomic mass is 16.1. The van der Waals surface area contributed by atoms with Crippen molar-refractivity contribution in [1.82, 2.24) is 4.90 Å². The van der Waals surface area contributed by atoms with E-state index < -0.39 is 0 Å². The standard InChI is InChI=1S/C14H27NO/c1-14(2,3)13(16)10-11-15(4)12-8-6-5-7-9-12/h12H,5-11H2,1-4H3. The smallest absolute Gasteiger partial charge is 0.139 e. The molecule has 0 saturated heterocycles. The van der Waals surface area contributed by atoms with Crippen molar-refractivity contribution in [3.8, 4) is 0 Å². The van der Waals surface area contributed by atoms with E-state index in [2.05, 4.69) is 11.9 Å². The van der Waals surface area contributed by atoms with Crippen LogP contribution in [0, 0.1) is 5.41 Å². The van der Waals surface area contributed by atoms with Crippen molar-refractivity contribution in [2.75, 3.05) is 13.6 Å². The Bertz CT molecular complexity index is 223. The Labute approximate surface area is 100 Å². The molecule has 0 aliphatic heterocycles. The lowest BCUT2D eigenvalue weighted by Gasteiger charge is -2.31. The van der Waals surface area contributed by atoms with Crippen molar-refractivity contribution in [1.29, 1.82) is 0 Å². The third-order valence-electron chi connectivity index (χ3n) is 3.73. The van der Waals surface area contributed by atoms with E-state index in [9.17, 15) is 4.79 Å². The summed E-state index contributed by atoms with van der Waals surface area (Å²) in [7, 11) is 2.17. The van der Waals surface area contributed by atoms with Crippen molar-refractivity contribution < 1.29 is 4.79 Å². The molecule has 0 bridgehead atoms. The summed E-state index contributed by atoms with van der Waals surface area (Å²) in [5.74, 6) is 0.384. The first-order valence-corrected chi connectivity index (χ1v) is 6.65. The summed E-state index contributed by atoms with van der Waals surface area (Å²) in [5, 5.41) is 0. The van der Waals surface area contributed by atoms with Gasteiger partial charge in [-0.25, -0.2) is 0 Å². The van der Waals surface area contributed by atoms with Gasteiger partial charge in [0.2, 0.25) is 0 Å². The molecule has 0 aromatic carbocycles. The summed E-state index contributed by atoms with van der Waals surface area (Å²) in [6.45, 7) is 6.96. The number of ketones is 1. The molecule has 0 N–H and O–H groups in total. The van der Waals surface area contributed by atoms with Crippen LogP contribution in [0.3, 0.4) is 0 Å². The minimum Gasteiger partial charge on any atom is -0.303 e. The van der Waals surface area contributed by atoms with Gasteiger partial charge in [0.25, 0.3) is 0 Å². The van der Waals surface area contributed by atoms with E-state index in [1.54, 1.807) is 0 Å². The van der Waals surface area contributed by atoms with E-state index in [1.807, 2.05) is 20.8 Å². The number of hydrogen-bond donors (Lipinski definition) is 0. The van der Waals surface area contributed by atoms with Crippen LogP contribution in [0.1, 0.15) is 59.3 Å². The predicted octanol–water partition coefficient (Wildman–Crippen LogP) is 3.26. The molecular formula is C14H27NO. The van der Waals surface area contributed by atoms with Gasteiger partial charge in [-0.05, 0) is 19.9 Å². The molecule has 0 aromatic rings. The lowest BCUT2D eigenvalue weighted by molar-refractivity contribution is -0.126. The van der Waals surface area contributed by atoms with Gasteiger partial charge >= 0.3 is 0 Å². The number of carbonyl (C=O) groups is 1. The number of hydrogen-bond acceptors (Lipinski definition) is 2. The second-order valence-corrected chi connectivity index (χ2v) is 6.20. The van der Waals surface area contributed by atoms with Crippen LogP contribution in [-0.4, -0.2) is 30.3 Å². The molecule has 0 unspecified atom stereocenters. The van der Waals surface area contributed by atoms with E-state index in [0.717, 1.165) is 12.6 Å². The summed E-state index contributed by atoms with van der Waals surface area (Å²) in [4.78, 5) is 14.2. The van der Waals surface area contributed by atoms with Gasteiger partial charge in [0.05, 0.1) is 0 Å². The second-order valence-electron chi connectivity index (χ2n) is 6.20. The molecule has 16 heavy (non-hydrogen) atoms. The highest BCUT2D eigenvalue weighted by molar-refractivity contribution is 5.83. The molecule has 2 heteroatoms. The van der Waals surface area contributed by atoms with Crippen molar-refractivity contribution in [3.05, 3.63) is 0 Å². The van der Waals surface area contributed by atoms with Crippen LogP contribution in [0.5, 0.6) is 0 Å². The van der Waals surface area contributed by atoms with E-state index in [0.29, 0.717) is 12.2 Å². The van der Waals surface area contributed by atoms with E-state index in [4.69, 9.17) is 0 Å². The molecule has 94 valence electrons. The Morgan fingerprint density at radius 3 is 2.25 bits per heavy atom. The average molecular weight is 225 g/mol. The molecule has 2 nitrogen and oxygen atoms in total. The van der Waals surface area contributed by atoms with Crippen LogP contribution in [0.15, 0.2) is 0 Å². The molecule has 0 heterocycles. The summed E-state index contributed by atoms with van der Waals surface area (Å²) in [6, 6.07) is 0.724. The number of carbonyl (C=O) groups excluding carboxylic acids is 1. The van der Waals surface area contributed by atoms with Crippen LogP contribution >= 0.6 is 0 Å². The Hall–Kier alpha value is -0.370. The first-order chi connectivity index (χ1) is 7.41. The zero-order valence-corrected chi connectivity index (χ0v) is 11.4. The fraction of sp³-hybridized carbons (Fsp3) is 0.929. The fourth-order valence-electron chi connectivity index (χ4n) is 2.36. The normalized spacial score (nSPS) is 19.1. The second kappa shape index (κ2) is 5.81. The summed E-state index contributed by atoms with van der Waals surface area (Å²) < 4.78 is 0. The van der Waals surface area contributed by atoms with Gasteiger partial charge in [0, 0.05) is 24.4 Å². The minimum atomic E-state index is -0.173. The Morgan fingerprint density at radius 1 is 1.19 bits per heavy atom. The van der Waals surface area contributed by atoms with Crippen molar-refractivity contribution >= 4 is 5.78 Å². The van der Waals surface area contributed by atoms with Gasteiger partial charge in [-0.3, -0.25) is 4.79 Å². The topological polar surface area (TPSA) is 20.3 Å². The predicted molar refractivity (Wildman–Crippen MR) is 68.6 cm³/mol. The third kappa shape index (κ3) is 4.25. The molecule has 0 radical (unpaired) electrons. The van der Waals surface area contributed by atoms with Crippen LogP contribution in [0.25, 0.3) is 0 Å². The summed E-state index contributed by atoms with van der Waals surface area (Å²) in [5.41, 5.74) is -0.173. The van der Waals surface area contributed by atoms with E-state index in [-0.39, 0.29) is 5.41 Å². The van der Waals surface area contributed by atoms with Gasteiger partial charge in [-0.1, -0.05) is 40.0 Å². The van der Waals surface area contributed by atoms with Gasteiger partial charge in [-0.15, -0.1) is 0 Å². The first-order valence-electron chi connectivity index (χ1n) is 6.65. The number of rotatable bonds is 4. The van der Waals surface area contributed by atoms with Crippen LogP contribution in [-0.2, 0) is 4.79 Å². The van der Waals surface area contributed by atoms with Crippen molar-refractivity contribution in [2.45, 2.75) is 65.3 Å². The van der Waals surface area contributed by atoms with Gasteiger partial charge < -0.3 is 4.90 Å². The minimum absolute atomic E-state index is 0.173. The van der Waals surface area contributed by atoms with Crippen LogP contribution in [0.2, 0.25) is 0 Å². The zero-order chi connectivity index (χ0) is 12.2. The van der Waals surface area contributed by atoms with Gasteiger partial charge in [0.1, 0.15) is 5.78 Å². The molecule has 1 aliphatic rings. The van der Waals surface area contributed by atoms with Gasteiger partial charge in [0.15, 0.2) is 0 Å². The van der Waals surface area contributed by atoms with E-state index >= 15 is 0 Å². The van der Waals surface area contributed by atoms with Crippen LogP contribution < -0.4 is 0 Å². The van der Waals surface area contributed by atoms with Crippen LogP contribution in [0.4, 0.5) is 0 Å².